The van der Waals surface area contributed by atoms with Gasteiger partial charge in [0, 0.05) is 23.8 Å². The van der Waals surface area contributed by atoms with E-state index in [0.29, 0.717) is 11.7 Å². The molecule has 20 heavy (non-hydrogen) atoms. The lowest BCUT2D eigenvalue weighted by atomic mass is 9.89. The van der Waals surface area contributed by atoms with Gasteiger partial charge in [-0.25, -0.2) is 0 Å². The van der Waals surface area contributed by atoms with Crippen LogP contribution < -0.4 is 4.90 Å². The molecule has 0 aromatic heterocycles. The number of rotatable bonds is 2. The van der Waals surface area contributed by atoms with Gasteiger partial charge >= 0.3 is 0 Å². The van der Waals surface area contributed by atoms with Crippen LogP contribution in [0.3, 0.4) is 0 Å². The molecule has 0 amide bonds. The van der Waals surface area contributed by atoms with E-state index in [0.717, 1.165) is 31.0 Å². The smallest absolute Gasteiger partial charge is 0.115 e. The van der Waals surface area contributed by atoms with Crippen molar-refractivity contribution in [1.29, 1.82) is 0 Å². The van der Waals surface area contributed by atoms with Crippen molar-refractivity contribution in [3.05, 3.63) is 59.1 Å². The van der Waals surface area contributed by atoms with Crippen molar-refractivity contribution < 1.29 is 5.11 Å². The molecule has 0 aliphatic carbocycles. The van der Waals surface area contributed by atoms with Gasteiger partial charge in [0.1, 0.15) is 5.75 Å². The highest BCUT2D eigenvalue weighted by Gasteiger charge is 2.20. The van der Waals surface area contributed by atoms with Gasteiger partial charge in [-0.2, -0.15) is 0 Å². The second-order valence-electron chi connectivity index (χ2n) is 5.33. The van der Waals surface area contributed by atoms with Crippen LogP contribution in [0, 0.1) is 0 Å². The summed E-state index contributed by atoms with van der Waals surface area (Å²) in [7, 11) is 0. The molecule has 1 saturated heterocycles. The van der Waals surface area contributed by atoms with Gasteiger partial charge in [-0.05, 0) is 60.7 Å². The lowest BCUT2D eigenvalue weighted by Gasteiger charge is -2.34. The number of hydrogen-bond acceptors (Lipinski definition) is 2. The Bertz CT molecular complexity index is 503. The average Bonchev–Trinajstić information content (AvgIpc) is 2.49. The van der Waals surface area contributed by atoms with E-state index in [-0.39, 0.29) is 0 Å². The van der Waals surface area contributed by atoms with Gasteiger partial charge in [0.05, 0.1) is 0 Å². The van der Waals surface area contributed by atoms with Gasteiger partial charge < -0.3 is 10.0 Å². The normalized spacial score (nSPS) is 16.4. The maximum absolute atomic E-state index is 9.34. The Kier molecular flexibility index (Phi) is 3.83. The summed E-state index contributed by atoms with van der Waals surface area (Å²) in [5, 5.41) is 10.1. The number of aromatic hydroxyl groups is 1. The number of anilines is 1. The van der Waals surface area contributed by atoms with Crippen LogP contribution in [0.1, 0.15) is 24.3 Å². The molecule has 3 rings (SSSR count). The Labute approximate surface area is 124 Å². The quantitative estimate of drug-likeness (QED) is 0.883. The van der Waals surface area contributed by atoms with Gasteiger partial charge in [0.15, 0.2) is 0 Å². The lowest BCUT2D eigenvalue weighted by Crippen LogP contribution is -2.32. The monoisotopic (exact) mass is 287 g/mol. The number of halogens is 1. The van der Waals surface area contributed by atoms with E-state index >= 15 is 0 Å². The summed E-state index contributed by atoms with van der Waals surface area (Å²) in [6.07, 6.45) is 2.31. The van der Waals surface area contributed by atoms with Crippen LogP contribution in [0.15, 0.2) is 48.5 Å². The SMILES string of the molecule is Oc1ccc(N2CCC(c3ccc(Cl)cc3)CC2)cc1. The first-order valence-corrected chi connectivity index (χ1v) is 7.39. The molecule has 0 spiro atoms. The van der Waals surface area contributed by atoms with Crippen molar-refractivity contribution >= 4 is 17.3 Å². The first-order chi connectivity index (χ1) is 9.72. The number of piperidine rings is 1. The highest BCUT2D eigenvalue weighted by molar-refractivity contribution is 6.30. The van der Waals surface area contributed by atoms with Crippen LogP contribution in [0.25, 0.3) is 0 Å². The average molecular weight is 288 g/mol. The van der Waals surface area contributed by atoms with Crippen LogP contribution in [0.5, 0.6) is 5.75 Å². The van der Waals surface area contributed by atoms with Crippen molar-refractivity contribution in [2.45, 2.75) is 18.8 Å². The molecular formula is C17H18ClNO. The zero-order chi connectivity index (χ0) is 13.9. The molecule has 0 atom stereocenters. The predicted molar refractivity (Wildman–Crippen MR) is 83.7 cm³/mol. The van der Waals surface area contributed by atoms with Crippen molar-refractivity contribution in [3.8, 4) is 5.75 Å². The Balaban J connectivity index is 1.64. The fourth-order valence-electron chi connectivity index (χ4n) is 2.87. The van der Waals surface area contributed by atoms with Crippen LogP contribution in [0.2, 0.25) is 5.02 Å². The van der Waals surface area contributed by atoms with Crippen molar-refractivity contribution in [1.82, 2.24) is 0 Å². The molecule has 0 radical (unpaired) electrons. The van der Waals surface area contributed by atoms with Gasteiger partial charge in [0.25, 0.3) is 0 Å². The maximum Gasteiger partial charge on any atom is 0.115 e. The minimum atomic E-state index is 0.324. The Hall–Kier alpha value is -1.67. The van der Waals surface area contributed by atoms with Gasteiger partial charge in [-0.15, -0.1) is 0 Å². The van der Waals surface area contributed by atoms with Crippen molar-refractivity contribution in [2.75, 3.05) is 18.0 Å². The number of hydrogen-bond donors (Lipinski definition) is 1. The minimum absolute atomic E-state index is 0.324. The Morgan fingerprint density at radius 1 is 0.900 bits per heavy atom. The number of phenols is 1. The Morgan fingerprint density at radius 3 is 2.10 bits per heavy atom. The molecule has 1 fully saturated rings. The molecule has 0 unspecified atom stereocenters. The van der Waals surface area contributed by atoms with E-state index < -0.39 is 0 Å². The van der Waals surface area contributed by atoms with Crippen LogP contribution >= 0.6 is 11.6 Å². The number of phenolic OH excluding ortho intramolecular Hbond substituents is 1. The first-order valence-electron chi connectivity index (χ1n) is 7.02. The second kappa shape index (κ2) is 5.76. The van der Waals surface area contributed by atoms with Gasteiger partial charge in [-0.3, -0.25) is 0 Å². The molecule has 1 N–H and O–H groups in total. The number of benzene rings is 2. The molecule has 0 saturated carbocycles. The zero-order valence-corrected chi connectivity index (χ0v) is 12.1. The third-order valence-electron chi connectivity index (χ3n) is 4.05. The fraction of sp³-hybridized carbons (Fsp3) is 0.294. The lowest BCUT2D eigenvalue weighted by molar-refractivity contribution is 0.474. The third-order valence-corrected chi connectivity index (χ3v) is 4.30. The van der Waals surface area contributed by atoms with E-state index in [2.05, 4.69) is 17.0 Å². The Morgan fingerprint density at radius 2 is 1.50 bits per heavy atom. The molecule has 104 valence electrons. The standard InChI is InChI=1S/C17H18ClNO/c18-15-3-1-13(2-4-15)14-9-11-19(12-10-14)16-5-7-17(20)8-6-16/h1-8,14,20H,9-12H2. The molecule has 2 nitrogen and oxygen atoms in total. The second-order valence-corrected chi connectivity index (χ2v) is 5.77. The maximum atomic E-state index is 9.34. The van der Waals surface area contributed by atoms with Crippen molar-refractivity contribution in [2.24, 2.45) is 0 Å². The topological polar surface area (TPSA) is 23.5 Å². The molecular weight excluding hydrogens is 270 g/mol. The summed E-state index contributed by atoms with van der Waals surface area (Å²) in [4.78, 5) is 2.38. The largest absolute Gasteiger partial charge is 0.508 e. The number of nitrogens with zero attached hydrogens (tertiary/aromatic N) is 1. The van der Waals surface area contributed by atoms with Gasteiger partial charge in [-0.1, -0.05) is 23.7 Å². The van der Waals surface area contributed by atoms with E-state index in [1.165, 1.54) is 11.3 Å². The molecule has 0 bridgehead atoms. The van der Waals surface area contributed by atoms with Crippen LogP contribution in [-0.2, 0) is 0 Å². The van der Waals surface area contributed by atoms with E-state index in [1.807, 2.05) is 24.3 Å². The van der Waals surface area contributed by atoms with E-state index in [1.54, 1.807) is 12.1 Å². The van der Waals surface area contributed by atoms with Crippen molar-refractivity contribution in [3.63, 3.8) is 0 Å². The minimum Gasteiger partial charge on any atom is -0.508 e. The summed E-state index contributed by atoms with van der Waals surface area (Å²) in [6.45, 7) is 2.11. The summed E-state index contributed by atoms with van der Waals surface area (Å²) in [5.41, 5.74) is 2.58. The van der Waals surface area contributed by atoms with Gasteiger partial charge in [0.2, 0.25) is 0 Å². The zero-order valence-electron chi connectivity index (χ0n) is 11.3. The first kappa shape index (κ1) is 13.3. The molecule has 1 aliphatic heterocycles. The van der Waals surface area contributed by atoms with E-state index in [9.17, 15) is 5.11 Å². The molecule has 1 heterocycles. The van der Waals surface area contributed by atoms with E-state index in [4.69, 9.17) is 11.6 Å². The molecule has 3 heteroatoms. The van der Waals surface area contributed by atoms with Crippen LogP contribution in [0.4, 0.5) is 5.69 Å². The summed E-state index contributed by atoms with van der Waals surface area (Å²) >= 11 is 5.94. The highest BCUT2D eigenvalue weighted by Crippen LogP contribution is 2.31. The van der Waals surface area contributed by atoms with Crippen LogP contribution in [-0.4, -0.2) is 18.2 Å². The third kappa shape index (κ3) is 2.91. The fourth-order valence-corrected chi connectivity index (χ4v) is 3.00. The predicted octanol–water partition coefficient (Wildman–Crippen LogP) is 4.43. The molecule has 2 aromatic rings. The highest BCUT2D eigenvalue weighted by atomic mass is 35.5. The summed E-state index contributed by atoms with van der Waals surface area (Å²) < 4.78 is 0. The summed E-state index contributed by atoms with van der Waals surface area (Å²) in [5.74, 6) is 0.949. The summed E-state index contributed by atoms with van der Waals surface area (Å²) in [6, 6.07) is 15.7. The molecule has 1 aliphatic rings. The molecule has 2 aromatic carbocycles.